The summed E-state index contributed by atoms with van der Waals surface area (Å²) < 4.78 is 6.52. The third-order valence-corrected chi connectivity index (χ3v) is 5.44. The standard InChI is InChI=1S/C28H25NO/c1-28(2,3)18-19-15-16-29-25(17-19)24-14-8-13-23-22-12-7-11-21(26(22)30-27(23)24)20-9-5-4-6-10-20/h4-17H,18H2,1-3H3. The largest absolute Gasteiger partial charge is 0.455 e. The number of furan rings is 1. The Morgan fingerprint density at radius 1 is 0.733 bits per heavy atom. The molecule has 2 heteroatoms. The summed E-state index contributed by atoms with van der Waals surface area (Å²) >= 11 is 0. The summed E-state index contributed by atoms with van der Waals surface area (Å²) in [6.07, 6.45) is 2.92. The first-order valence-corrected chi connectivity index (χ1v) is 10.4. The third-order valence-electron chi connectivity index (χ3n) is 5.44. The van der Waals surface area contributed by atoms with Crippen LogP contribution in [-0.2, 0) is 6.42 Å². The van der Waals surface area contributed by atoms with Crippen LogP contribution in [0.4, 0.5) is 0 Å². The Bertz CT molecular complexity index is 1340. The molecule has 0 aliphatic rings. The minimum Gasteiger partial charge on any atom is -0.455 e. The lowest BCUT2D eigenvalue weighted by atomic mass is 9.88. The Labute approximate surface area is 177 Å². The van der Waals surface area contributed by atoms with E-state index in [9.17, 15) is 0 Å². The van der Waals surface area contributed by atoms with Gasteiger partial charge in [-0.1, -0.05) is 81.4 Å². The van der Waals surface area contributed by atoms with Crippen molar-refractivity contribution in [3.8, 4) is 22.4 Å². The molecule has 0 fully saturated rings. The van der Waals surface area contributed by atoms with Gasteiger partial charge in [0.15, 0.2) is 0 Å². The predicted molar refractivity (Wildman–Crippen MR) is 126 cm³/mol. The molecule has 5 rings (SSSR count). The quantitative estimate of drug-likeness (QED) is 0.312. The Morgan fingerprint density at radius 3 is 2.10 bits per heavy atom. The molecule has 30 heavy (non-hydrogen) atoms. The highest BCUT2D eigenvalue weighted by atomic mass is 16.3. The number of nitrogens with zero attached hydrogens (tertiary/aromatic N) is 1. The molecule has 0 radical (unpaired) electrons. The molecule has 2 aromatic heterocycles. The van der Waals surface area contributed by atoms with Crippen LogP contribution in [-0.4, -0.2) is 4.98 Å². The molecule has 5 aromatic rings. The summed E-state index contributed by atoms with van der Waals surface area (Å²) in [6.45, 7) is 6.79. The van der Waals surface area contributed by atoms with E-state index in [-0.39, 0.29) is 5.41 Å². The van der Waals surface area contributed by atoms with Crippen LogP contribution in [0.5, 0.6) is 0 Å². The summed E-state index contributed by atoms with van der Waals surface area (Å²) in [5.74, 6) is 0. The summed E-state index contributed by atoms with van der Waals surface area (Å²) in [4.78, 5) is 4.68. The number of para-hydroxylation sites is 2. The molecule has 0 aliphatic carbocycles. The molecule has 2 nitrogen and oxygen atoms in total. The summed E-state index contributed by atoms with van der Waals surface area (Å²) in [5.41, 5.74) is 7.63. The molecule has 0 saturated heterocycles. The number of pyridine rings is 1. The van der Waals surface area contributed by atoms with Crippen molar-refractivity contribution < 1.29 is 4.42 Å². The van der Waals surface area contributed by atoms with Crippen LogP contribution in [0.15, 0.2) is 89.5 Å². The maximum atomic E-state index is 6.52. The fraction of sp³-hybridized carbons (Fsp3) is 0.179. The fourth-order valence-electron chi connectivity index (χ4n) is 4.21. The minimum atomic E-state index is 0.231. The first kappa shape index (κ1) is 18.6. The predicted octanol–water partition coefficient (Wildman–Crippen LogP) is 7.90. The summed E-state index contributed by atoms with van der Waals surface area (Å²) in [7, 11) is 0. The van der Waals surface area contributed by atoms with Gasteiger partial charge in [-0.3, -0.25) is 4.98 Å². The number of aromatic nitrogens is 1. The zero-order chi connectivity index (χ0) is 20.7. The third kappa shape index (κ3) is 3.39. The molecule has 0 amide bonds. The zero-order valence-corrected chi connectivity index (χ0v) is 17.6. The Hall–Kier alpha value is -3.39. The number of fused-ring (bicyclic) bond motifs is 3. The van der Waals surface area contributed by atoms with E-state index in [1.54, 1.807) is 0 Å². The van der Waals surface area contributed by atoms with Gasteiger partial charge >= 0.3 is 0 Å². The molecule has 0 aliphatic heterocycles. The van der Waals surface area contributed by atoms with Gasteiger partial charge in [-0.15, -0.1) is 0 Å². The summed E-state index contributed by atoms with van der Waals surface area (Å²) in [6, 6.07) is 27.4. The lowest BCUT2D eigenvalue weighted by molar-refractivity contribution is 0.411. The molecular weight excluding hydrogens is 366 g/mol. The molecule has 2 heterocycles. The maximum Gasteiger partial charge on any atom is 0.144 e. The molecule has 0 N–H and O–H groups in total. The Balaban J connectivity index is 1.71. The lowest BCUT2D eigenvalue weighted by Gasteiger charge is -2.18. The molecule has 0 spiro atoms. The van der Waals surface area contributed by atoms with Crippen molar-refractivity contribution >= 4 is 21.9 Å². The molecule has 148 valence electrons. The lowest BCUT2D eigenvalue weighted by Crippen LogP contribution is -2.09. The molecule has 0 unspecified atom stereocenters. The molecule has 0 saturated carbocycles. The topological polar surface area (TPSA) is 26.0 Å². The van der Waals surface area contributed by atoms with E-state index in [1.165, 1.54) is 5.56 Å². The van der Waals surface area contributed by atoms with Gasteiger partial charge in [-0.2, -0.15) is 0 Å². The van der Waals surface area contributed by atoms with Gasteiger partial charge < -0.3 is 4.42 Å². The van der Waals surface area contributed by atoms with Gasteiger partial charge in [0.1, 0.15) is 11.2 Å². The maximum absolute atomic E-state index is 6.52. The van der Waals surface area contributed by atoms with Crippen LogP contribution >= 0.6 is 0 Å². The van der Waals surface area contributed by atoms with Crippen molar-refractivity contribution in [2.24, 2.45) is 5.41 Å². The van der Waals surface area contributed by atoms with Crippen molar-refractivity contribution in [3.63, 3.8) is 0 Å². The summed E-state index contributed by atoms with van der Waals surface area (Å²) in [5, 5.41) is 2.27. The van der Waals surface area contributed by atoms with Crippen molar-refractivity contribution in [1.82, 2.24) is 4.98 Å². The normalized spacial score (nSPS) is 12.0. The number of rotatable bonds is 3. The number of hydrogen-bond donors (Lipinski definition) is 0. The van der Waals surface area contributed by atoms with Crippen LogP contribution < -0.4 is 0 Å². The molecular formula is C28H25NO. The van der Waals surface area contributed by atoms with E-state index in [4.69, 9.17) is 4.42 Å². The Morgan fingerprint density at radius 2 is 1.40 bits per heavy atom. The number of hydrogen-bond acceptors (Lipinski definition) is 2. The molecule has 0 atom stereocenters. The Kier molecular flexibility index (Phi) is 4.43. The van der Waals surface area contributed by atoms with E-state index in [2.05, 4.69) is 98.6 Å². The molecule has 0 bridgehead atoms. The highest BCUT2D eigenvalue weighted by Gasteiger charge is 2.17. The van der Waals surface area contributed by atoms with E-state index < -0.39 is 0 Å². The van der Waals surface area contributed by atoms with Crippen LogP contribution in [0.1, 0.15) is 26.3 Å². The first-order chi connectivity index (χ1) is 14.5. The highest BCUT2D eigenvalue weighted by Crippen LogP contribution is 2.39. The van der Waals surface area contributed by atoms with Gasteiger partial charge in [0.05, 0.1) is 5.69 Å². The second-order valence-electron chi connectivity index (χ2n) is 9.12. The van der Waals surface area contributed by atoms with Gasteiger partial charge in [-0.25, -0.2) is 0 Å². The van der Waals surface area contributed by atoms with Crippen LogP contribution in [0.2, 0.25) is 0 Å². The van der Waals surface area contributed by atoms with Gasteiger partial charge in [0, 0.05) is 28.1 Å². The van der Waals surface area contributed by atoms with Crippen molar-refractivity contribution in [1.29, 1.82) is 0 Å². The van der Waals surface area contributed by atoms with Gasteiger partial charge in [-0.05, 0) is 41.2 Å². The first-order valence-electron chi connectivity index (χ1n) is 10.4. The second-order valence-corrected chi connectivity index (χ2v) is 9.12. The van der Waals surface area contributed by atoms with Crippen molar-refractivity contribution in [2.45, 2.75) is 27.2 Å². The SMILES string of the molecule is CC(C)(C)Cc1ccnc(-c2cccc3c2oc2c(-c4ccccc4)cccc23)c1. The van der Waals surface area contributed by atoms with Gasteiger partial charge in [0.25, 0.3) is 0 Å². The van der Waals surface area contributed by atoms with E-state index in [0.717, 1.165) is 50.7 Å². The van der Waals surface area contributed by atoms with E-state index >= 15 is 0 Å². The second kappa shape index (κ2) is 7.14. The van der Waals surface area contributed by atoms with Crippen LogP contribution in [0.3, 0.4) is 0 Å². The van der Waals surface area contributed by atoms with Crippen LogP contribution in [0.25, 0.3) is 44.3 Å². The monoisotopic (exact) mass is 391 g/mol. The van der Waals surface area contributed by atoms with E-state index in [0.29, 0.717) is 0 Å². The minimum absolute atomic E-state index is 0.231. The van der Waals surface area contributed by atoms with Crippen molar-refractivity contribution in [3.05, 3.63) is 90.6 Å². The fourth-order valence-corrected chi connectivity index (χ4v) is 4.21. The number of benzene rings is 3. The van der Waals surface area contributed by atoms with E-state index in [1.807, 2.05) is 12.3 Å². The zero-order valence-electron chi connectivity index (χ0n) is 17.6. The molecule has 3 aromatic carbocycles. The average Bonchev–Trinajstić information content (AvgIpc) is 3.12. The van der Waals surface area contributed by atoms with Gasteiger partial charge in [0.2, 0.25) is 0 Å². The van der Waals surface area contributed by atoms with Crippen LogP contribution in [0, 0.1) is 5.41 Å². The highest BCUT2D eigenvalue weighted by molar-refractivity contribution is 6.12. The smallest absolute Gasteiger partial charge is 0.144 e. The van der Waals surface area contributed by atoms with Crippen molar-refractivity contribution in [2.75, 3.05) is 0 Å². The average molecular weight is 392 g/mol.